The summed E-state index contributed by atoms with van der Waals surface area (Å²) >= 11 is 0. The van der Waals surface area contributed by atoms with Crippen molar-refractivity contribution in [2.45, 2.75) is 51.2 Å². The van der Waals surface area contributed by atoms with Gasteiger partial charge in [-0.2, -0.15) is 5.26 Å². The number of nitrogens with one attached hydrogen (secondary N) is 2. The SMILES string of the molecule is COC(=O)NCCCC(O)(c1cccc(F)c1-c1cccc(C)c1)C1CCCN(C(=O)c2ccc(CNCCC#N)cc2)C1. The number of nitriles is 1. The van der Waals surface area contributed by atoms with Gasteiger partial charge in [0.15, 0.2) is 0 Å². The monoisotopic (exact) mass is 600 g/mol. The zero-order chi connectivity index (χ0) is 31.5. The lowest BCUT2D eigenvalue weighted by atomic mass is 9.72. The number of aryl methyl sites for hydroxylation is 1. The molecule has 4 rings (SSSR count). The summed E-state index contributed by atoms with van der Waals surface area (Å²) in [4.78, 5) is 27.1. The molecular weight excluding hydrogens is 559 g/mol. The number of rotatable bonds is 12. The number of halogens is 1. The van der Waals surface area contributed by atoms with Crippen LogP contribution in [0.1, 0.15) is 59.2 Å². The van der Waals surface area contributed by atoms with Gasteiger partial charge >= 0.3 is 6.09 Å². The van der Waals surface area contributed by atoms with Gasteiger partial charge in [-0.05, 0) is 67.5 Å². The van der Waals surface area contributed by atoms with E-state index in [-0.39, 0.29) is 24.8 Å². The first-order valence-corrected chi connectivity index (χ1v) is 15.1. The zero-order valence-corrected chi connectivity index (χ0v) is 25.4. The van der Waals surface area contributed by atoms with E-state index in [1.165, 1.54) is 13.2 Å². The molecule has 1 fully saturated rings. The van der Waals surface area contributed by atoms with Crippen molar-refractivity contribution in [2.75, 3.05) is 33.3 Å². The summed E-state index contributed by atoms with van der Waals surface area (Å²) in [6, 6.07) is 21.9. The Morgan fingerprint density at radius 1 is 1.14 bits per heavy atom. The van der Waals surface area contributed by atoms with Crippen molar-refractivity contribution in [1.29, 1.82) is 5.26 Å². The molecule has 0 saturated carbocycles. The third-order valence-electron chi connectivity index (χ3n) is 8.30. The Morgan fingerprint density at radius 2 is 1.91 bits per heavy atom. The highest BCUT2D eigenvalue weighted by molar-refractivity contribution is 5.94. The summed E-state index contributed by atoms with van der Waals surface area (Å²) in [5.41, 5.74) is 2.58. The van der Waals surface area contributed by atoms with Crippen molar-refractivity contribution in [1.82, 2.24) is 15.5 Å². The lowest BCUT2D eigenvalue weighted by Gasteiger charge is -2.43. The summed E-state index contributed by atoms with van der Waals surface area (Å²) in [6.45, 7) is 4.29. The maximum absolute atomic E-state index is 15.6. The number of carbonyl (C=O) groups is 2. The maximum Gasteiger partial charge on any atom is 0.406 e. The van der Waals surface area contributed by atoms with Crippen LogP contribution >= 0.6 is 0 Å². The van der Waals surface area contributed by atoms with E-state index in [1.807, 2.05) is 43.3 Å². The molecule has 2 atom stereocenters. The van der Waals surface area contributed by atoms with Crippen LogP contribution in [-0.4, -0.2) is 55.3 Å². The molecule has 3 aromatic carbocycles. The second-order valence-corrected chi connectivity index (χ2v) is 11.4. The van der Waals surface area contributed by atoms with Gasteiger partial charge in [-0.25, -0.2) is 9.18 Å². The number of hydrogen-bond donors (Lipinski definition) is 3. The fraction of sp³-hybridized carbons (Fsp3) is 0.400. The Labute approximate surface area is 258 Å². The van der Waals surface area contributed by atoms with Gasteiger partial charge in [-0.15, -0.1) is 0 Å². The third kappa shape index (κ3) is 8.01. The number of ether oxygens (including phenoxy) is 1. The van der Waals surface area contributed by atoms with Gasteiger partial charge in [-0.1, -0.05) is 54.1 Å². The molecule has 232 valence electrons. The molecule has 0 aliphatic carbocycles. The number of likely N-dealkylation sites (tertiary alicyclic amines) is 1. The van der Waals surface area contributed by atoms with Gasteiger partial charge in [0, 0.05) is 56.2 Å². The predicted octanol–water partition coefficient (Wildman–Crippen LogP) is 5.68. The molecule has 0 radical (unpaired) electrons. The van der Waals surface area contributed by atoms with Crippen LogP contribution in [0.3, 0.4) is 0 Å². The molecule has 1 aliphatic rings. The van der Waals surface area contributed by atoms with Crippen molar-refractivity contribution in [3.63, 3.8) is 0 Å². The summed E-state index contributed by atoms with van der Waals surface area (Å²) in [5, 5.41) is 27.2. The minimum atomic E-state index is -1.48. The maximum atomic E-state index is 15.6. The van der Waals surface area contributed by atoms with E-state index < -0.39 is 17.5 Å². The van der Waals surface area contributed by atoms with Crippen LogP contribution in [-0.2, 0) is 16.9 Å². The molecule has 0 spiro atoms. The fourth-order valence-electron chi connectivity index (χ4n) is 6.03. The largest absolute Gasteiger partial charge is 0.453 e. The summed E-state index contributed by atoms with van der Waals surface area (Å²) in [6.07, 6.45) is 1.89. The van der Waals surface area contributed by atoms with Gasteiger partial charge in [0.1, 0.15) is 5.82 Å². The molecule has 8 nitrogen and oxygen atoms in total. The van der Waals surface area contributed by atoms with Gasteiger partial charge in [0.2, 0.25) is 0 Å². The van der Waals surface area contributed by atoms with Crippen LogP contribution in [0.2, 0.25) is 0 Å². The average Bonchev–Trinajstić information content (AvgIpc) is 3.04. The standard InChI is InChI=1S/C35H41FN4O4/c1-25-8-3-9-28(22-25)32-30(11-4-12-31(32)36)35(43,17-6-20-39-34(42)44-2)29-10-5-21-40(24-29)33(41)27-15-13-26(14-16-27)23-38-19-7-18-37/h3-4,8-9,11-16,22,29,38,43H,5-7,10,17,19-21,23-24H2,1-2H3,(H,39,42). The van der Waals surface area contributed by atoms with E-state index in [4.69, 9.17) is 5.26 Å². The minimum Gasteiger partial charge on any atom is -0.453 e. The molecular formula is C35H41FN4O4. The number of carbonyl (C=O) groups excluding carboxylic acids is 2. The number of methoxy groups -OCH3 is 1. The quantitative estimate of drug-likeness (QED) is 0.231. The molecule has 9 heteroatoms. The Hall–Kier alpha value is -4.26. The number of hydrogen-bond acceptors (Lipinski definition) is 6. The minimum absolute atomic E-state index is 0.119. The first-order chi connectivity index (χ1) is 21.3. The Bertz CT molecular complexity index is 1470. The summed E-state index contributed by atoms with van der Waals surface area (Å²) in [5.74, 6) is -0.913. The van der Waals surface area contributed by atoms with E-state index in [9.17, 15) is 14.7 Å². The van der Waals surface area contributed by atoms with E-state index in [2.05, 4.69) is 21.4 Å². The highest BCUT2D eigenvalue weighted by Gasteiger charge is 2.43. The van der Waals surface area contributed by atoms with Gasteiger partial charge < -0.3 is 25.4 Å². The number of amides is 2. The van der Waals surface area contributed by atoms with Crippen LogP contribution in [0.25, 0.3) is 11.1 Å². The van der Waals surface area contributed by atoms with Crippen LogP contribution in [0.15, 0.2) is 66.7 Å². The highest BCUT2D eigenvalue weighted by atomic mass is 19.1. The average molecular weight is 601 g/mol. The summed E-state index contributed by atoms with van der Waals surface area (Å²) < 4.78 is 20.3. The smallest absolute Gasteiger partial charge is 0.406 e. The first-order valence-electron chi connectivity index (χ1n) is 15.1. The lowest BCUT2D eigenvalue weighted by molar-refractivity contribution is -0.0564. The molecule has 1 saturated heterocycles. The molecule has 0 aromatic heterocycles. The topological polar surface area (TPSA) is 115 Å². The second-order valence-electron chi connectivity index (χ2n) is 11.4. The molecule has 44 heavy (non-hydrogen) atoms. The van der Waals surface area contributed by atoms with E-state index in [1.54, 1.807) is 29.2 Å². The van der Waals surface area contributed by atoms with E-state index in [0.29, 0.717) is 74.1 Å². The predicted molar refractivity (Wildman–Crippen MR) is 167 cm³/mol. The lowest BCUT2D eigenvalue weighted by Crippen LogP contribution is -2.48. The van der Waals surface area contributed by atoms with Crippen molar-refractivity contribution in [2.24, 2.45) is 5.92 Å². The third-order valence-corrected chi connectivity index (χ3v) is 8.30. The number of alkyl carbamates (subject to hydrolysis) is 1. The van der Waals surface area contributed by atoms with Gasteiger partial charge in [-0.3, -0.25) is 4.79 Å². The van der Waals surface area contributed by atoms with Gasteiger partial charge in [0.05, 0.1) is 18.8 Å². The second kappa shape index (κ2) is 15.5. The number of nitrogens with zero attached hydrogens (tertiary/aromatic N) is 2. The number of piperidine rings is 1. The van der Waals surface area contributed by atoms with Gasteiger partial charge in [0.25, 0.3) is 5.91 Å². The molecule has 3 N–H and O–H groups in total. The zero-order valence-electron chi connectivity index (χ0n) is 25.4. The first kappa shape index (κ1) is 32.6. The van der Waals surface area contributed by atoms with Crippen LogP contribution < -0.4 is 10.6 Å². The molecule has 1 heterocycles. The van der Waals surface area contributed by atoms with Crippen molar-refractivity contribution < 1.29 is 23.8 Å². The molecule has 0 bridgehead atoms. The van der Waals surface area contributed by atoms with Crippen LogP contribution in [0.5, 0.6) is 0 Å². The summed E-state index contributed by atoms with van der Waals surface area (Å²) in [7, 11) is 1.29. The fourth-order valence-corrected chi connectivity index (χ4v) is 6.03. The highest BCUT2D eigenvalue weighted by Crippen LogP contribution is 2.44. The number of aliphatic hydroxyl groups is 1. The van der Waals surface area contributed by atoms with Crippen molar-refractivity contribution in [3.8, 4) is 17.2 Å². The normalized spacial score (nSPS) is 16.1. The van der Waals surface area contributed by atoms with E-state index >= 15 is 4.39 Å². The van der Waals surface area contributed by atoms with Crippen molar-refractivity contribution >= 4 is 12.0 Å². The Kier molecular flexibility index (Phi) is 11.5. The molecule has 1 aliphatic heterocycles. The van der Waals surface area contributed by atoms with E-state index in [0.717, 1.165) is 11.1 Å². The molecule has 2 amide bonds. The van der Waals surface area contributed by atoms with Crippen LogP contribution in [0, 0.1) is 30.0 Å². The van der Waals surface area contributed by atoms with Crippen molar-refractivity contribution in [3.05, 3.63) is 94.8 Å². The van der Waals surface area contributed by atoms with Crippen LogP contribution in [0.4, 0.5) is 9.18 Å². The Balaban J connectivity index is 1.61. The molecule has 2 unspecified atom stereocenters. The Morgan fingerprint density at radius 3 is 2.64 bits per heavy atom. The number of benzene rings is 3. The molecule has 3 aromatic rings.